The van der Waals surface area contributed by atoms with E-state index in [1.54, 1.807) is 17.9 Å². The fraction of sp³-hybridized carbons (Fsp3) is 0.429. The van der Waals surface area contributed by atoms with Crippen LogP contribution in [0.4, 0.5) is 0 Å². The molecule has 0 bridgehead atoms. The van der Waals surface area contributed by atoms with Gasteiger partial charge in [-0.3, -0.25) is 4.79 Å². The number of ether oxygens (including phenoxy) is 1. The van der Waals surface area contributed by atoms with Gasteiger partial charge in [-0.15, -0.1) is 0 Å². The van der Waals surface area contributed by atoms with Gasteiger partial charge >= 0.3 is 0 Å². The fourth-order valence-corrected chi connectivity index (χ4v) is 2.52. The zero-order chi connectivity index (χ0) is 14.1. The zero-order valence-electron chi connectivity index (χ0n) is 11.6. The molecule has 2 aromatic rings. The van der Waals surface area contributed by atoms with E-state index in [1.807, 2.05) is 29.9 Å². The number of morpholine rings is 1. The zero-order valence-corrected chi connectivity index (χ0v) is 11.6. The molecular weight excluding hydrogens is 258 g/mol. The van der Waals surface area contributed by atoms with E-state index in [0.717, 1.165) is 5.69 Å². The third-order valence-electron chi connectivity index (χ3n) is 3.55. The number of hydrogen-bond donors (Lipinski definition) is 0. The van der Waals surface area contributed by atoms with Crippen LogP contribution in [0, 0.1) is 6.92 Å². The lowest BCUT2D eigenvalue weighted by Gasteiger charge is -2.35. The summed E-state index contributed by atoms with van der Waals surface area (Å²) >= 11 is 0. The second-order valence-corrected chi connectivity index (χ2v) is 4.97. The van der Waals surface area contributed by atoms with Gasteiger partial charge in [0.2, 0.25) is 5.76 Å². The first-order valence-electron chi connectivity index (χ1n) is 6.60. The lowest BCUT2D eigenvalue weighted by atomic mass is 10.1. The van der Waals surface area contributed by atoms with Gasteiger partial charge in [-0.25, -0.2) is 0 Å². The van der Waals surface area contributed by atoms with Crippen LogP contribution < -0.4 is 0 Å². The number of carbonyl (C=O) groups excluding carboxylic acids is 1. The molecule has 1 aliphatic rings. The number of amides is 1. The van der Waals surface area contributed by atoms with Gasteiger partial charge in [0.25, 0.3) is 5.91 Å². The second-order valence-electron chi connectivity index (χ2n) is 4.97. The predicted molar refractivity (Wildman–Crippen MR) is 71.2 cm³/mol. The summed E-state index contributed by atoms with van der Waals surface area (Å²) in [6, 6.07) is 5.54. The molecular formula is C14H17N3O3. The topological polar surface area (TPSA) is 60.5 Å². The Bertz CT molecular complexity index is 617. The maximum Gasteiger partial charge on any atom is 0.293 e. The number of hydrogen-bond acceptors (Lipinski definition) is 4. The SMILES string of the molecule is Cc1cc(C(=O)N2CCOC[C@H]2c2cccn2C)on1. The molecule has 106 valence electrons. The third kappa shape index (κ3) is 2.22. The predicted octanol–water partition coefficient (Wildman–Crippen LogP) is 1.54. The van der Waals surface area contributed by atoms with Crippen molar-refractivity contribution in [3.63, 3.8) is 0 Å². The van der Waals surface area contributed by atoms with E-state index in [0.29, 0.717) is 25.5 Å². The first-order chi connectivity index (χ1) is 9.66. The summed E-state index contributed by atoms with van der Waals surface area (Å²) in [6.45, 7) is 3.39. The molecule has 6 nitrogen and oxygen atoms in total. The Hall–Kier alpha value is -2.08. The van der Waals surface area contributed by atoms with Crippen LogP contribution in [0.15, 0.2) is 28.9 Å². The third-order valence-corrected chi connectivity index (χ3v) is 3.55. The van der Waals surface area contributed by atoms with Crippen molar-refractivity contribution >= 4 is 5.91 Å². The van der Waals surface area contributed by atoms with Crippen LogP contribution in [-0.2, 0) is 11.8 Å². The highest BCUT2D eigenvalue weighted by atomic mass is 16.5. The van der Waals surface area contributed by atoms with Gasteiger partial charge in [0.1, 0.15) is 0 Å². The van der Waals surface area contributed by atoms with Gasteiger partial charge in [0.05, 0.1) is 24.9 Å². The summed E-state index contributed by atoms with van der Waals surface area (Å²) in [5.41, 5.74) is 1.76. The van der Waals surface area contributed by atoms with Gasteiger partial charge in [0, 0.05) is 31.5 Å². The molecule has 0 aromatic carbocycles. The van der Waals surface area contributed by atoms with Crippen LogP contribution in [0.2, 0.25) is 0 Å². The van der Waals surface area contributed by atoms with Gasteiger partial charge in [0.15, 0.2) is 0 Å². The monoisotopic (exact) mass is 275 g/mol. The van der Waals surface area contributed by atoms with E-state index in [9.17, 15) is 4.79 Å². The molecule has 20 heavy (non-hydrogen) atoms. The molecule has 0 radical (unpaired) electrons. The molecule has 1 fully saturated rings. The van der Waals surface area contributed by atoms with Crippen LogP contribution in [0.3, 0.4) is 0 Å². The molecule has 0 saturated carbocycles. The van der Waals surface area contributed by atoms with Crippen molar-refractivity contribution in [3.05, 3.63) is 41.5 Å². The minimum absolute atomic E-state index is 0.0957. The minimum Gasteiger partial charge on any atom is -0.377 e. The largest absolute Gasteiger partial charge is 0.377 e. The molecule has 1 atom stereocenters. The molecule has 2 aromatic heterocycles. The van der Waals surface area contributed by atoms with Gasteiger partial charge < -0.3 is 18.7 Å². The Morgan fingerprint density at radius 2 is 2.35 bits per heavy atom. The first kappa shape index (κ1) is 12.9. The molecule has 0 N–H and O–H groups in total. The smallest absolute Gasteiger partial charge is 0.293 e. The summed E-state index contributed by atoms with van der Waals surface area (Å²) in [4.78, 5) is 14.3. The van der Waals surface area contributed by atoms with Crippen LogP contribution in [0.5, 0.6) is 0 Å². The molecule has 1 saturated heterocycles. The molecule has 1 amide bonds. The molecule has 0 spiro atoms. The van der Waals surface area contributed by atoms with Crippen LogP contribution in [-0.4, -0.2) is 40.3 Å². The van der Waals surface area contributed by atoms with E-state index >= 15 is 0 Å². The number of nitrogens with zero attached hydrogens (tertiary/aromatic N) is 3. The molecule has 3 rings (SSSR count). The maximum absolute atomic E-state index is 12.6. The molecule has 0 unspecified atom stereocenters. The molecule has 0 aliphatic carbocycles. The van der Waals surface area contributed by atoms with Crippen molar-refractivity contribution in [3.8, 4) is 0 Å². The lowest BCUT2D eigenvalue weighted by molar-refractivity contribution is -0.00655. The summed E-state index contributed by atoms with van der Waals surface area (Å²) in [6.07, 6.45) is 1.96. The molecule has 1 aliphatic heterocycles. The second kappa shape index (κ2) is 5.13. The van der Waals surface area contributed by atoms with E-state index < -0.39 is 0 Å². The summed E-state index contributed by atoms with van der Waals surface area (Å²) in [5.74, 6) is 0.142. The number of aromatic nitrogens is 2. The Morgan fingerprint density at radius 1 is 1.50 bits per heavy atom. The minimum atomic E-state index is -0.139. The van der Waals surface area contributed by atoms with Crippen molar-refractivity contribution in [2.24, 2.45) is 7.05 Å². The Labute approximate surface area is 116 Å². The summed E-state index contributed by atoms with van der Waals surface area (Å²) in [5, 5.41) is 3.78. The molecule has 3 heterocycles. The molecule has 6 heteroatoms. The number of rotatable bonds is 2. The average molecular weight is 275 g/mol. The van der Waals surface area contributed by atoms with Crippen molar-refractivity contribution in [2.45, 2.75) is 13.0 Å². The van der Waals surface area contributed by atoms with Crippen molar-refractivity contribution in [1.82, 2.24) is 14.6 Å². The highest BCUT2D eigenvalue weighted by Gasteiger charge is 2.32. The highest BCUT2D eigenvalue weighted by Crippen LogP contribution is 2.26. The number of carbonyl (C=O) groups is 1. The normalized spacial score (nSPS) is 19.3. The lowest BCUT2D eigenvalue weighted by Crippen LogP contribution is -2.43. The van der Waals surface area contributed by atoms with E-state index in [4.69, 9.17) is 9.26 Å². The maximum atomic E-state index is 12.6. The van der Waals surface area contributed by atoms with Crippen molar-refractivity contribution in [1.29, 1.82) is 0 Å². The van der Waals surface area contributed by atoms with Crippen LogP contribution in [0.25, 0.3) is 0 Å². The number of aryl methyl sites for hydroxylation is 2. The van der Waals surface area contributed by atoms with Crippen LogP contribution in [0.1, 0.15) is 28.0 Å². The fourth-order valence-electron chi connectivity index (χ4n) is 2.52. The quantitative estimate of drug-likeness (QED) is 0.834. The van der Waals surface area contributed by atoms with Crippen molar-refractivity contribution in [2.75, 3.05) is 19.8 Å². The van der Waals surface area contributed by atoms with Crippen molar-refractivity contribution < 1.29 is 14.1 Å². The average Bonchev–Trinajstić information content (AvgIpc) is 3.07. The van der Waals surface area contributed by atoms with Gasteiger partial charge in [-0.2, -0.15) is 0 Å². The van der Waals surface area contributed by atoms with E-state index in [2.05, 4.69) is 5.16 Å². The Balaban J connectivity index is 1.89. The van der Waals surface area contributed by atoms with Gasteiger partial charge in [-0.05, 0) is 19.1 Å². The summed E-state index contributed by atoms with van der Waals surface area (Å²) < 4.78 is 12.6. The summed E-state index contributed by atoms with van der Waals surface area (Å²) in [7, 11) is 1.96. The standard InChI is InChI=1S/C14H17N3O3/c1-10-8-13(20-15-10)14(18)17-6-7-19-9-12(17)11-4-3-5-16(11)2/h3-5,8,12H,6-7,9H2,1-2H3/t12-/m0/s1. The van der Waals surface area contributed by atoms with E-state index in [-0.39, 0.29) is 17.7 Å². The van der Waals surface area contributed by atoms with Crippen LogP contribution >= 0.6 is 0 Å². The Kier molecular flexibility index (Phi) is 3.31. The van der Waals surface area contributed by atoms with Gasteiger partial charge in [-0.1, -0.05) is 5.16 Å². The Morgan fingerprint density at radius 3 is 3.00 bits per heavy atom. The van der Waals surface area contributed by atoms with E-state index in [1.165, 1.54) is 0 Å². The first-order valence-corrected chi connectivity index (χ1v) is 6.60. The highest BCUT2D eigenvalue weighted by molar-refractivity contribution is 5.91.